The SMILES string of the molecule is CC(C)[C@@H](C)[C@H](O)[C@@H]1C[C@]23CC(=O)[C@]4(O)C(=C2CC[C@@H]3[C@@H]1C)C=C[C@]1(O)C[C@@H](O)CC[C@]41C. The third-order valence-electron chi connectivity index (χ3n) is 11.4. The maximum atomic E-state index is 14.0. The van der Waals surface area contributed by atoms with Gasteiger partial charge in [0.1, 0.15) is 0 Å². The molecule has 5 heteroatoms. The maximum Gasteiger partial charge on any atom is 0.170 e. The molecule has 0 saturated heterocycles. The predicted molar refractivity (Wildman–Crippen MR) is 126 cm³/mol. The molecule has 1 spiro atoms. The summed E-state index contributed by atoms with van der Waals surface area (Å²) in [6.07, 6.45) is 6.47. The molecule has 5 rings (SSSR count). The van der Waals surface area contributed by atoms with E-state index < -0.39 is 28.8 Å². The summed E-state index contributed by atoms with van der Waals surface area (Å²) in [6.45, 7) is 10.5. The van der Waals surface area contributed by atoms with Crippen molar-refractivity contribution in [3.63, 3.8) is 0 Å². The van der Waals surface area contributed by atoms with E-state index in [1.54, 1.807) is 6.08 Å². The summed E-state index contributed by atoms with van der Waals surface area (Å²) >= 11 is 0. The number of allylic oxidation sites excluding steroid dienone is 1. The second-order valence-corrected chi connectivity index (χ2v) is 12.8. The molecule has 10 atom stereocenters. The minimum Gasteiger partial charge on any atom is -0.393 e. The molecule has 5 aliphatic rings. The molecule has 5 aliphatic carbocycles. The molecule has 3 fully saturated rings. The minimum absolute atomic E-state index is 0.143. The zero-order valence-electron chi connectivity index (χ0n) is 20.8. The van der Waals surface area contributed by atoms with Gasteiger partial charge in [0.2, 0.25) is 0 Å². The van der Waals surface area contributed by atoms with E-state index in [1.807, 2.05) is 13.0 Å². The van der Waals surface area contributed by atoms with Crippen molar-refractivity contribution in [2.75, 3.05) is 0 Å². The molecule has 0 amide bonds. The highest BCUT2D eigenvalue weighted by molar-refractivity contribution is 5.96. The Kier molecular flexibility index (Phi) is 5.21. The summed E-state index contributed by atoms with van der Waals surface area (Å²) in [4.78, 5) is 14.0. The Balaban J connectivity index is 1.62. The highest BCUT2D eigenvalue weighted by Crippen LogP contribution is 2.70. The molecular formula is C28H42O5. The number of hydrogen-bond donors (Lipinski definition) is 4. The first-order chi connectivity index (χ1) is 15.3. The van der Waals surface area contributed by atoms with Crippen LogP contribution in [0, 0.1) is 40.4 Å². The molecule has 0 heterocycles. The minimum atomic E-state index is -1.72. The number of carbonyl (C=O) groups excluding carboxylic acids is 1. The van der Waals surface area contributed by atoms with Crippen LogP contribution >= 0.6 is 0 Å². The fraction of sp³-hybridized carbons (Fsp3) is 0.821. The topological polar surface area (TPSA) is 98.0 Å². The van der Waals surface area contributed by atoms with Gasteiger partial charge in [-0.25, -0.2) is 0 Å². The van der Waals surface area contributed by atoms with Crippen LogP contribution in [0.25, 0.3) is 0 Å². The summed E-state index contributed by atoms with van der Waals surface area (Å²) in [6, 6.07) is 0. The normalized spacial score (nSPS) is 50.7. The standard InChI is InChI=1S/C28H42O5/c1-15(2)16(3)24(31)19-13-26-14-23(30)28(33)22(21(26)7-6-20(26)17(19)4)9-11-27(32)12-18(29)8-10-25(27,28)5/h9,11,15-20,24,29,31-33H,6-8,10,12-14H2,1-5H3/t16-,17-,18+,19-,20-,24+,25+,26-,27+,28-/m1/s1. The summed E-state index contributed by atoms with van der Waals surface area (Å²) in [7, 11) is 0. The Morgan fingerprint density at radius 3 is 2.48 bits per heavy atom. The van der Waals surface area contributed by atoms with Gasteiger partial charge in [-0.05, 0) is 67.3 Å². The van der Waals surface area contributed by atoms with Crippen LogP contribution in [0.15, 0.2) is 23.3 Å². The van der Waals surface area contributed by atoms with Gasteiger partial charge in [0, 0.05) is 23.7 Å². The number of rotatable bonds is 3. The van der Waals surface area contributed by atoms with Crippen LogP contribution in [-0.4, -0.2) is 49.6 Å². The number of aliphatic hydroxyl groups is 4. The Bertz CT molecular complexity index is 921. The molecule has 0 aromatic heterocycles. The summed E-state index contributed by atoms with van der Waals surface area (Å²) in [5, 5.41) is 45.2. The van der Waals surface area contributed by atoms with E-state index in [2.05, 4.69) is 27.7 Å². The predicted octanol–water partition coefficient (Wildman–Crippen LogP) is 3.54. The fourth-order valence-electron chi connectivity index (χ4n) is 8.86. The van der Waals surface area contributed by atoms with Gasteiger partial charge in [0.05, 0.1) is 17.8 Å². The first kappa shape index (κ1) is 23.7. The number of fused-ring (bicyclic) bond motifs is 3. The van der Waals surface area contributed by atoms with Crippen molar-refractivity contribution >= 4 is 5.78 Å². The highest BCUT2D eigenvalue weighted by atomic mass is 16.3. The number of hydrogen-bond acceptors (Lipinski definition) is 5. The van der Waals surface area contributed by atoms with Crippen LogP contribution in [0.4, 0.5) is 0 Å². The lowest BCUT2D eigenvalue weighted by Gasteiger charge is -2.60. The van der Waals surface area contributed by atoms with E-state index in [-0.39, 0.29) is 29.5 Å². The van der Waals surface area contributed by atoms with E-state index in [0.717, 1.165) is 19.3 Å². The molecule has 0 aliphatic heterocycles. The van der Waals surface area contributed by atoms with Crippen molar-refractivity contribution < 1.29 is 25.2 Å². The molecule has 0 aromatic rings. The number of carbonyl (C=O) groups is 1. The lowest BCUT2D eigenvalue weighted by Crippen LogP contribution is -2.70. The smallest absolute Gasteiger partial charge is 0.170 e. The molecule has 4 N–H and O–H groups in total. The second kappa shape index (κ2) is 7.25. The highest BCUT2D eigenvalue weighted by Gasteiger charge is 2.72. The first-order valence-corrected chi connectivity index (χ1v) is 13.1. The third kappa shape index (κ3) is 2.77. The number of aliphatic hydroxyl groups excluding tert-OH is 2. The van der Waals surface area contributed by atoms with E-state index in [1.165, 1.54) is 5.57 Å². The zero-order valence-corrected chi connectivity index (χ0v) is 20.8. The van der Waals surface area contributed by atoms with Crippen LogP contribution in [0.3, 0.4) is 0 Å². The van der Waals surface area contributed by atoms with Crippen molar-refractivity contribution in [2.45, 2.75) is 103 Å². The molecule has 3 saturated carbocycles. The van der Waals surface area contributed by atoms with E-state index in [9.17, 15) is 25.2 Å². The average molecular weight is 459 g/mol. The van der Waals surface area contributed by atoms with E-state index in [0.29, 0.717) is 42.6 Å². The van der Waals surface area contributed by atoms with Gasteiger partial charge in [0.25, 0.3) is 0 Å². The lowest BCUT2D eigenvalue weighted by molar-refractivity contribution is -0.199. The third-order valence-corrected chi connectivity index (χ3v) is 11.4. The van der Waals surface area contributed by atoms with Gasteiger partial charge in [-0.1, -0.05) is 52.3 Å². The van der Waals surface area contributed by atoms with Crippen molar-refractivity contribution in [2.24, 2.45) is 40.4 Å². The molecule has 33 heavy (non-hydrogen) atoms. The monoisotopic (exact) mass is 458 g/mol. The second-order valence-electron chi connectivity index (χ2n) is 12.8. The van der Waals surface area contributed by atoms with Crippen LogP contribution in [0.1, 0.15) is 79.6 Å². The Labute approximate surface area is 198 Å². The summed E-state index contributed by atoms with van der Waals surface area (Å²) < 4.78 is 0. The Morgan fingerprint density at radius 1 is 1.12 bits per heavy atom. The quantitative estimate of drug-likeness (QED) is 0.519. The molecule has 0 unspecified atom stereocenters. The van der Waals surface area contributed by atoms with Gasteiger partial charge >= 0.3 is 0 Å². The van der Waals surface area contributed by atoms with Gasteiger partial charge in [-0.15, -0.1) is 0 Å². The molecule has 0 bridgehead atoms. The van der Waals surface area contributed by atoms with Gasteiger partial charge in [0.15, 0.2) is 11.4 Å². The van der Waals surface area contributed by atoms with Crippen LogP contribution in [-0.2, 0) is 4.79 Å². The van der Waals surface area contributed by atoms with Gasteiger partial charge in [-0.3, -0.25) is 4.79 Å². The number of ketones is 1. The zero-order chi connectivity index (χ0) is 24.1. The summed E-state index contributed by atoms with van der Waals surface area (Å²) in [5.74, 6) is 1.20. The molecule has 5 nitrogen and oxygen atoms in total. The Morgan fingerprint density at radius 2 is 1.82 bits per heavy atom. The van der Waals surface area contributed by atoms with Crippen molar-refractivity contribution in [1.29, 1.82) is 0 Å². The van der Waals surface area contributed by atoms with E-state index in [4.69, 9.17) is 0 Å². The molecule has 0 aromatic carbocycles. The lowest BCUT2D eigenvalue weighted by atomic mass is 9.46. The number of Topliss-reactive ketones (excluding diaryl/α,β-unsaturated/α-hetero) is 1. The average Bonchev–Trinajstić information content (AvgIpc) is 3.23. The summed E-state index contributed by atoms with van der Waals surface area (Å²) in [5.41, 5.74) is -2.57. The van der Waals surface area contributed by atoms with Crippen LogP contribution in [0.5, 0.6) is 0 Å². The Hall–Kier alpha value is -1.01. The van der Waals surface area contributed by atoms with Crippen molar-refractivity contribution in [3.05, 3.63) is 23.3 Å². The largest absolute Gasteiger partial charge is 0.393 e. The molecular weight excluding hydrogens is 416 g/mol. The fourth-order valence-corrected chi connectivity index (χ4v) is 8.86. The van der Waals surface area contributed by atoms with Crippen LogP contribution < -0.4 is 0 Å². The molecule has 184 valence electrons. The first-order valence-electron chi connectivity index (χ1n) is 13.1. The van der Waals surface area contributed by atoms with E-state index >= 15 is 0 Å². The van der Waals surface area contributed by atoms with Gasteiger partial charge < -0.3 is 20.4 Å². The van der Waals surface area contributed by atoms with Crippen molar-refractivity contribution in [3.8, 4) is 0 Å². The van der Waals surface area contributed by atoms with Gasteiger partial charge in [-0.2, -0.15) is 0 Å². The van der Waals surface area contributed by atoms with Crippen molar-refractivity contribution in [1.82, 2.24) is 0 Å². The maximum absolute atomic E-state index is 14.0. The van der Waals surface area contributed by atoms with Crippen LogP contribution in [0.2, 0.25) is 0 Å². The molecule has 0 radical (unpaired) electrons.